The predicted molar refractivity (Wildman–Crippen MR) is 110 cm³/mol. The van der Waals surface area contributed by atoms with E-state index >= 15 is 0 Å². The van der Waals surface area contributed by atoms with Crippen LogP contribution in [-0.4, -0.2) is 45.3 Å². The van der Waals surface area contributed by atoms with Crippen molar-refractivity contribution in [3.63, 3.8) is 0 Å². The highest BCUT2D eigenvalue weighted by Crippen LogP contribution is 2.28. The maximum Gasteiger partial charge on any atom is 0.196 e. The fourth-order valence-corrected chi connectivity index (χ4v) is 3.91. The number of aryl methyl sites for hydroxylation is 1. The number of methoxy groups -OCH3 is 1. The number of thioether (sulfide) groups is 1. The van der Waals surface area contributed by atoms with Crippen molar-refractivity contribution in [1.82, 2.24) is 14.6 Å². The molecule has 0 aliphatic carbocycles. The van der Waals surface area contributed by atoms with Crippen LogP contribution in [0.2, 0.25) is 0 Å². The second-order valence-electron chi connectivity index (χ2n) is 6.48. The van der Waals surface area contributed by atoms with Gasteiger partial charge in [0.05, 0.1) is 18.7 Å². The van der Waals surface area contributed by atoms with Gasteiger partial charge in [-0.1, -0.05) is 30.0 Å². The third-order valence-corrected chi connectivity index (χ3v) is 5.54. The molecule has 144 valence electrons. The molecule has 0 saturated carbocycles. The molecule has 1 N–H and O–H groups in total. The lowest BCUT2D eigenvalue weighted by Crippen LogP contribution is -2.20. The Balaban J connectivity index is 1.54. The Hall–Kier alpha value is -2.77. The van der Waals surface area contributed by atoms with E-state index in [-0.39, 0.29) is 6.61 Å². The molecule has 4 rings (SSSR count). The SMILES string of the molecule is COc1ccc2c(C)cc3nnc(SCC(O)COc4ccccc4)n3c2c1. The number of fused-ring (bicyclic) bond motifs is 3. The molecule has 0 bridgehead atoms. The molecule has 0 aliphatic heterocycles. The van der Waals surface area contributed by atoms with Crippen LogP contribution in [0.4, 0.5) is 0 Å². The van der Waals surface area contributed by atoms with Crippen molar-refractivity contribution in [2.45, 2.75) is 18.2 Å². The molecule has 4 aromatic rings. The van der Waals surface area contributed by atoms with Crippen molar-refractivity contribution in [1.29, 1.82) is 0 Å². The van der Waals surface area contributed by atoms with E-state index in [4.69, 9.17) is 9.47 Å². The molecule has 0 radical (unpaired) electrons. The normalized spacial score (nSPS) is 12.4. The van der Waals surface area contributed by atoms with Gasteiger partial charge in [-0.25, -0.2) is 0 Å². The minimum absolute atomic E-state index is 0.224. The molecule has 1 unspecified atom stereocenters. The summed E-state index contributed by atoms with van der Waals surface area (Å²) in [6, 6.07) is 17.5. The number of nitrogens with zero attached hydrogens (tertiary/aromatic N) is 3. The van der Waals surface area contributed by atoms with E-state index in [1.54, 1.807) is 7.11 Å². The maximum atomic E-state index is 10.3. The van der Waals surface area contributed by atoms with Crippen molar-refractivity contribution in [3.8, 4) is 11.5 Å². The summed E-state index contributed by atoms with van der Waals surface area (Å²) < 4.78 is 13.0. The van der Waals surface area contributed by atoms with Gasteiger partial charge in [-0.3, -0.25) is 4.40 Å². The predicted octanol–water partition coefficient (Wildman–Crippen LogP) is 3.73. The van der Waals surface area contributed by atoms with Crippen LogP contribution >= 0.6 is 11.8 Å². The minimum Gasteiger partial charge on any atom is -0.497 e. The Morgan fingerprint density at radius 3 is 2.68 bits per heavy atom. The van der Waals surface area contributed by atoms with Crippen LogP contribution in [-0.2, 0) is 0 Å². The molecule has 0 aliphatic rings. The van der Waals surface area contributed by atoms with Crippen LogP contribution in [0, 0.1) is 6.92 Å². The summed E-state index contributed by atoms with van der Waals surface area (Å²) in [7, 11) is 1.65. The fraction of sp³-hybridized carbons (Fsp3) is 0.238. The third-order valence-electron chi connectivity index (χ3n) is 4.47. The second kappa shape index (κ2) is 8.08. The summed E-state index contributed by atoms with van der Waals surface area (Å²) in [6.07, 6.45) is -0.621. The Labute approximate surface area is 167 Å². The molecule has 28 heavy (non-hydrogen) atoms. The van der Waals surface area contributed by atoms with E-state index in [1.165, 1.54) is 11.8 Å². The lowest BCUT2D eigenvalue weighted by atomic mass is 10.1. The molecule has 2 heterocycles. The highest BCUT2D eigenvalue weighted by Gasteiger charge is 2.14. The number of aliphatic hydroxyl groups is 1. The van der Waals surface area contributed by atoms with Gasteiger partial charge in [0.25, 0.3) is 0 Å². The van der Waals surface area contributed by atoms with Gasteiger partial charge < -0.3 is 14.6 Å². The molecule has 2 aromatic heterocycles. The zero-order valence-electron chi connectivity index (χ0n) is 15.7. The zero-order valence-corrected chi connectivity index (χ0v) is 16.5. The average molecular weight is 395 g/mol. The van der Waals surface area contributed by atoms with Crippen molar-refractivity contribution < 1.29 is 14.6 Å². The first kappa shape index (κ1) is 18.6. The molecular weight excluding hydrogens is 374 g/mol. The number of hydrogen-bond acceptors (Lipinski definition) is 6. The topological polar surface area (TPSA) is 68.9 Å². The van der Waals surface area contributed by atoms with Crippen LogP contribution in [0.15, 0.2) is 59.8 Å². The Kier molecular flexibility index (Phi) is 5.36. The number of hydrogen-bond donors (Lipinski definition) is 1. The summed E-state index contributed by atoms with van der Waals surface area (Å²) in [4.78, 5) is 0. The molecular formula is C21H21N3O3S. The molecule has 7 heteroatoms. The summed E-state index contributed by atoms with van der Waals surface area (Å²) in [5, 5.41) is 20.8. The molecule has 0 spiro atoms. The summed E-state index contributed by atoms with van der Waals surface area (Å²) >= 11 is 1.45. The molecule has 2 aromatic carbocycles. The van der Waals surface area contributed by atoms with Crippen LogP contribution in [0.3, 0.4) is 0 Å². The van der Waals surface area contributed by atoms with Crippen molar-refractivity contribution in [3.05, 3.63) is 60.2 Å². The van der Waals surface area contributed by atoms with Gasteiger partial charge >= 0.3 is 0 Å². The molecule has 0 saturated heterocycles. The lowest BCUT2D eigenvalue weighted by molar-refractivity contribution is 0.126. The van der Waals surface area contributed by atoms with Gasteiger partial charge in [-0.05, 0) is 42.8 Å². The van der Waals surface area contributed by atoms with Gasteiger partial charge in [-0.15, -0.1) is 10.2 Å². The van der Waals surface area contributed by atoms with E-state index in [1.807, 2.05) is 59.0 Å². The summed E-state index contributed by atoms with van der Waals surface area (Å²) in [6.45, 7) is 2.28. The van der Waals surface area contributed by atoms with Crippen LogP contribution in [0.5, 0.6) is 11.5 Å². The maximum absolute atomic E-state index is 10.3. The standard InChI is InChI=1S/C21H21N3O3S/c1-14-10-20-22-23-21(24(20)19-11-17(26-2)8-9-18(14)19)28-13-15(25)12-27-16-6-4-3-5-7-16/h3-11,15,25H,12-13H2,1-2H3. The van der Waals surface area contributed by atoms with Gasteiger partial charge in [0.1, 0.15) is 18.1 Å². The second-order valence-corrected chi connectivity index (χ2v) is 7.46. The first-order valence-electron chi connectivity index (χ1n) is 8.97. The van der Waals surface area contributed by atoms with Crippen molar-refractivity contribution in [2.75, 3.05) is 19.5 Å². The first-order chi connectivity index (χ1) is 13.7. The highest BCUT2D eigenvalue weighted by molar-refractivity contribution is 7.99. The van der Waals surface area contributed by atoms with Gasteiger partial charge in [-0.2, -0.15) is 0 Å². The quantitative estimate of drug-likeness (QED) is 0.481. The number of ether oxygens (including phenoxy) is 2. The first-order valence-corrected chi connectivity index (χ1v) is 9.95. The van der Waals surface area contributed by atoms with E-state index in [9.17, 15) is 5.11 Å². The van der Waals surface area contributed by atoms with Crippen LogP contribution < -0.4 is 9.47 Å². The average Bonchev–Trinajstić information content (AvgIpc) is 3.14. The smallest absolute Gasteiger partial charge is 0.196 e. The van der Waals surface area contributed by atoms with Gasteiger partial charge in [0.2, 0.25) is 0 Å². The largest absolute Gasteiger partial charge is 0.497 e. The molecule has 0 amide bonds. The summed E-state index contributed by atoms with van der Waals surface area (Å²) in [5.74, 6) is 1.97. The molecule has 6 nitrogen and oxygen atoms in total. The number of rotatable bonds is 7. The molecule has 0 fully saturated rings. The zero-order chi connectivity index (χ0) is 19.5. The number of benzene rings is 2. The number of pyridine rings is 1. The summed E-state index contributed by atoms with van der Waals surface area (Å²) in [5.41, 5.74) is 2.89. The fourth-order valence-electron chi connectivity index (χ4n) is 3.05. The van der Waals surface area contributed by atoms with Crippen molar-refractivity contribution in [2.24, 2.45) is 0 Å². The Morgan fingerprint density at radius 1 is 1.07 bits per heavy atom. The van der Waals surface area contributed by atoms with E-state index in [2.05, 4.69) is 17.1 Å². The minimum atomic E-state index is -0.621. The number of aliphatic hydroxyl groups excluding tert-OH is 1. The lowest BCUT2D eigenvalue weighted by Gasteiger charge is -2.12. The Morgan fingerprint density at radius 2 is 1.89 bits per heavy atom. The molecule has 1 atom stereocenters. The Bertz CT molecular complexity index is 1100. The van der Waals surface area contributed by atoms with Crippen LogP contribution in [0.25, 0.3) is 16.6 Å². The van der Waals surface area contributed by atoms with Gasteiger partial charge in [0, 0.05) is 17.2 Å². The van der Waals surface area contributed by atoms with Gasteiger partial charge in [0.15, 0.2) is 10.8 Å². The number of aromatic nitrogens is 3. The van der Waals surface area contributed by atoms with Crippen LogP contribution in [0.1, 0.15) is 5.56 Å². The highest BCUT2D eigenvalue weighted by atomic mass is 32.2. The number of para-hydroxylation sites is 1. The van der Waals surface area contributed by atoms with E-state index < -0.39 is 6.10 Å². The van der Waals surface area contributed by atoms with E-state index in [0.717, 1.165) is 38.8 Å². The van der Waals surface area contributed by atoms with E-state index in [0.29, 0.717) is 5.75 Å². The van der Waals surface area contributed by atoms with Crippen molar-refractivity contribution >= 4 is 28.3 Å². The monoisotopic (exact) mass is 395 g/mol. The third kappa shape index (κ3) is 3.76.